The van der Waals surface area contributed by atoms with Crippen LogP contribution in [0.25, 0.3) is 11.1 Å². The Balaban J connectivity index is 1.54. The Bertz CT molecular complexity index is 1150. The Kier molecular flexibility index (Phi) is 6.63. The molecule has 1 fully saturated rings. The first-order chi connectivity index (χ1) is 15.9. The Morgan fingerprint density at radius 1 is 1.09 bits per heavy atom. The highest BCUT2D eigenvalue weighted by Gasteiger charge is 2.45. The second kappa shape index (κ2) is 9.61. The van der Waals surface area contributed by atoms with Crippen LogP contribution in [0.2, 0.25) is 0 Å². The lowest BCUT2D eigenvalue weighted by molar-refractivity contribution is -0.133. The van der Waals surface area contributed by atoms with Gasteiger partial charge in [0.25, 0.3) is 0 Å². The first-order valence-corrected chi connectivity index (χ1v) is 11.6. The zero-order chi connectivity index (χ0) is 23.4. The molecule has 1 aromatic heterocycles. The molecule has 1 N–H and O–H groups in total. The van der Waals surface area contributed by atoms with Gasteiger partial charge < -0.3 is 10.2 Å². The van der Waals surface area contributed by atoms with Crippen molar-refractivity contribution in [3.8, 4) is 11.1 Å². The van der Waals surface area contributed by atoms with Gasteiger partial charge in [-0.05, 0) is 49.4 Å². The third-order valence-corrected chi connectivity index (χ3v) is 6.76. The molecule has 2 amide bonds. The van der Waals surface area contributed by atoms with E-state index in [0.717, 1.165) is 22.4 Å². The molecule has 4 rings (SSSR count). The van der Waals surface area contributed by atoms with Crippen LogP contribution < -0.4 is 5.32 Å². The maximum atomic E-state index is 13.1. The van der Waals surface area contributed by atoms with E-state index in [1.807, 2.05) is 34.7 Å². The van der Waals surface area contributed by atoms with Crippen molar-refractivity contribution in [2.24, 2.45) is 5.41 Å². The predicted octanol–water partition coefficient (Wildman–Crippen LogP) is 3.76. The number of hydrogen-bond acceptors (Lipinski definition) is 3. The number of amides is 2. The average molecular weight is 445 g/mol. The fraction of sp³-hybridized carbons (Fsp3) is 0.370. The van der Waals surface area contributed by atoms with Crippen LogP contribution >= 0.6 is 0 Å². The van der Waals surface area contributed by atoms with Gasteiger partial charge >= 0.3 is 0 Å². The first kappa shape index (κ1) is 22.8. The number of aryl methyl sites for hydroxylation is 3. The summed E-state index contributed by atoms with van der Waals surface area (Å²) in [6.45, 7) is 5.65. The summed E-state index contributed by atoms with van der Waals surface area (Å²) in [6, 6.07) is 18.7. The van der Waals surface area contributed by atoms with Crippen LogP contribution in [0.4, 0.5) is 0 Å². The topological polar surface area (TPSA) is 67.2 Å². The number of carbonyl (C=O) groups is 2. The van der Waals surface area contributed by atoms with Gasteiger partial charge in [-0.3, -0.25) is 14.3 Å². The van der Waals surface area contributed by atoms with Gasteiger partial charge in [0.2, 0.25) is 11.8 Å². The highest BCUT2D eigenvalue weighted by Crippen LogP contribution is 2.38. The van der Waals surface area contributed by atoms with E-state index >= 15 is 0 Å². The van der Waals surface area contributed by atoms with Crippen molar-refractivity contribution >= 4 is 11.8 Å². The molecule has 2 aromatic carbocycles. The highest BCUT2D eigenvalue weighted by molar-refractivity contribution is 5.86. The molecule has 6 nitrogen and oxygen atoms in total. The summed E-state index contributed by atoms with van der Waals surface area (Å²) in [6.07, 6.45) is 3.38. The fourth-order valence-corrected chi connectivity index (χ4v) is 4.89. The summed E-state index contributed by atoms with van der Waals surface area (Å²) in [4.78, 5) is 28.0. The summed E-state index contributed by atoms with van der Waals surface area (Å²) >= 11 is 0. The molecule has 3 aromatic rings. The maximum Gasteiger partial charge on any atom is 0.228 e. The van der Waals surface area contributed by atoms with Crippen LogP contribution in [0.3, 0.4) is 0 Å². The smallest absolute Gasteiger partial charge is 0.228 e. The molecule has 1 unspecified atom stereocenters. The Morgan fingerprint density at radius 3 is 2.64 bits per heavy atom. The molecule has 172 valence electrons. The van der Waals surface area contributed by atoms with E-state index in [-0.39, 0.29) is 11.8 Å². The summed E-state index contributed by atoms with van der Waals surface area (Å²) in [5.74, 6) is 0.0717. The monoisotopic (exact) mass is 444 g/mol. The third kappa shape index (κ3) is 4.85. The van der Waals surface area contributed by atoms with Crippen molar-refractivity contribution in [2.75, 3.05) is 20.1 Å². The largest absolute Gasteiger partial charge is 0.359 e. The number of carbonyl (C=O) groups excluding carboxylic acids is 2. The van der Waals surface area contributed by atoms with Gasteiger partial charge in [0.05, 0.1) is 5.41 Å². The molecule has 2 heterocycles. The molecular weight excluding hydrogens is 412 g/mol. The highest BCUT2D eigenvalue weighted by atomic mass is 16.2. The molecule has 0 spiro atoms. The minimum absolute atomic E-state index is 0.000217. The molecule has 0 saturated carbocycles. The number of benzene rings is 2. The van der Waals surface area contributed by atoms with E-state index in [1.165, 1.54) is 5.56 Å². The first-order valence-electron chi connectivity index (χ1n) is 11.6. The zero-order valence-electron chi connectivity index (χ0n) is 19.7. The number of rotatable bonds is 7. The van der Waals surface area contributed by atoms with Crippen LogP contribution in [0.15, 0.2) is 60.8 Å². The van der Waals surface area contributed by atoms with E-state index in [2.05, 4.69) is 53.7 Å². The quantitative estimate of drug-likeness (QED) is 0.603. The molecule has 0 radical (unpaired) electrons. The summed E-state index contributed by atoms with van der Waals surface area (Å²) in [7, 11) is 1.68. The van der Waals surface area contributed by atoms with Gasteiger partial charge in [0, 0.05) is 45.0 Å². The second-order valence-electron chi connectivity index (χ2n) is 9.07. The van der Waals surface area contributed by atoms with Crippen molar-refractivity contribution in [1.82, 2.24) is 20.0 Å². The van der Waals surface area contributed by atoms with Crippen molar-refractivity contribution in [3.63, 3.8) is 0 Å². The zero-order valence-corrected chi connectivity index (χ0v) is 19.7. The normalized spacial score (nSPS) is 17.8. The Morgan fingerprint density at radius 2 is 1.91 bits per heavy atom. The van der Waals surface area contributed by atoms with Gasteiger partial charge in [-0.1, -0.05) is 54.1 Å². The molecular formula is C27H32N4O2. The molecule has 1 aliphatic heterocycles. The number of hydrogen-bond donors (Lipinski definition) is 1. The van der Waals surface area contributed by atoms with Crippen LogP contribution in [-0.2, 0) is 22.6 Å². The summed E-state index contributed by atoms with van der Waals surface area (Å²) in [5, 5.41) is 7.13. The second-order valence-corrected chi connectivity index (χ2v) is 9.07. The number of nitrogens with one attached hydrogen (secondary N) is 1. The lowest BCUT2D eigenvalue weighted by atomic mass is 9.78. The van der Waals surface area contributed by atoms with Crippen LogP contribution in [0.1, 0.15) is 29.7 Å². The number of aromatic nitrogens is 2. The van der Waals surface area contributed by atoms with Gasteiger partial charge in [-0.2, -0.15) is 5.10 Å². The van der Waals surface area contributed by atoms with Crippen molar-refractivity contribution < 1.29 is 9.59 Å². The molecule has 1 aliphatic rings. The van der Waals surface area contributed by atoms with Gasteiger partial charge in [0.1, 0.15) is 0 Å². The molecule has 0 aliphatic carbocycles. The minimum atomic E-state index is -0.633. The van der Waals surface area contributed by atoms with Crippen LogP contribution in [-0.4, -0.2) is 46.6 Å². The van der Waals surface area contributed by atoms with Crippen molar-refractivity contribution in [1.29, 1.82) is 0 Å². The molecule has 0 bridgehead atoms. The van der Waals surface area contributed by atoms with E-state index in [4.69, 9.17) is 0 Å². The standard InChI is InChI=1S/C27H32N4O2/c1-20-7-6-9-22(17-20)24-10-5-4-8-23(24)18-27(26(33)28-3)13-16-30(19-27)25(32)12-15-31-21(2)11-14-29-31/h4-11,14,17H,12-13,15-16,18-19H2,1-3H3,(H,28,33). The Labute approximate surface area is 195 Å². The molecule has 1 saturated heterocycles. The lowest BCUT2D eigenvalue weighted by Crippen LogP contribution is -2.44. The van der Waals surface area contributed by atoms with E-state index in [1.54, 1.807) is 13.2 Å². The average Bonchev–Trinajstić information content (AvgIpc) is 3.44. The third-order valence-electron chi connectivity index (χ3n) is 6.76. The van der Waals surface area contributed by atoms with Crippen molar-refractivity contribution in [3.05, 3.63) is 77.6 Å². The Hall–Kier alpha value is -3.41. The van der Waals surface area contributed by atoms with E-state index in [9.17, 15) is 9.59 Å². The maximum absolute atomic E-state index is 13.1. The van der Waals surface area contributed by atoms with Gasteiger partial charge in [0.15, 0.2) is 0 Å². The van der Waals surface area contributed by atoms with E-state index < -0.39 is 5.41 Å². The lowest BCUT2D eigenvalue weighted by Gasteiger charge is -2.29. The fourth-order valence-electron chi connectivity index (χ4n) is 4.89. The van der Waals surface area contributed by atoms with Gasteiger partial charge in [-0.15, -0.1) is 0 Å². The van der Waals surface area contributed by atoms with Gasteiger partial charge in [-0.25, -0.2) is 0 Å². The molecule has 6 heteroatoms. The summed E-state index contributed by atoms with van der Waals surface area (Å²) in [5.41, 5.74) is 5.03. The summed E-state index contributed by atoms with van der Waals surface area (Å²) < 4.78 is 1.85. The molecule has 33 heavy (non-hydrogen) atoms. The number of likely N-dealkylation sites (tertiary alicyclic amines) is 1. The van der Waals surface area contributed by atoms with Crippen LogP contribution in [0.5, 0.6) is 0 Å². The SMILES string of the molecule is CNC(=O)C1(Cc2ccccc2-c2cccc(C)c2)CCN(C(=O)CCn2nccc2C)C1. The number of nitrogens with zero attached hydrogens (tertiary/aromatic N) is 3. The van der Waals surface area contributed by atoms with Crippen LogP contribution in [0, 0.1) is 19.3 Å². The molecule has 1 atom stereocenters. The predicted molar refractivity (Wildman–Crippen MR) is 130 cm³/mol. The minimum Gasteiger partial charge on any atom is -0.359 e. The van der Waals surface area contributed by atoms with E-state index in [0.29, 0.717) is 38.9 Å². The van der Waals surface area contributed by atoms with Crippen molar-refractivity contribution in [2.45, 2.75) is 39.7 Å².